The molecule has 4 rings (SSSR count). The normalized spacial score (nSPS) is 16.2. The Kier molecular flexibility index (Phi) is 8.12. The number of ether oxygens (including phenoxy) is 2. The summed E-state index contributed by atoms with van der Waals surface area (Å²) in [5.41, 5.74) is 1.13. The van der Waals surface area contributed by atoms with E-state index in [0.29, 0.717) is 29.9 Å². The maximum Gasteiger partial charge on any atom is 0.258 e. The van der Waals surface area contributed by atoms with Crippen LogP contribution < -0.4 is 15.6 Å². The maximum atomic E-state index is 13.4. The van der Waals surface area contributed by atoms with Crippen molar-refractivity contribution >= 4 is 28.8 Å². The summed E-state index contributed by atoms with van der Waals surface area (Å²) in [6, 6.07) is 13.5. The van der Waals surface area contributed by atoms with Gasteiger partial charge in [-0.3, -0.25) is 14.4 Å². The lowest BCUT2D eigenvalue weighted by Crippen LogP contribution is -2.48. The zero-order chi connectivity index (χ0) is 25.5. The number of fused-ring (bicyclic) bond motifs is 1. The third kappa shape index (κ3) is 6.37. The standard InChI is InChI=1S/C27H30N4O5/c1-18(28-25(32)14-11-19-9-12-20(35-2)13-10-19)27(34)31(16-21-6-5-15-36-21)17-24-29-23-8-4-3-7-22(23)26(33)30-24/h3-4,7-14,18,21H,5-6,15-17H2,1-2H3,(H,28,32)(H,29,30,33)/b14-11+. The molecule has 2 unspecified atom stereocenters. The number of H-pyrrole nitrogens is 1. The Labute approximate surface area is 209 Å². The number of aromatic nitrogens is 2. The molecular formula is C27H30N4O5. The Morgan fingerprint density at radius 3 is 2.75 bits per heavy atom. The second-order valence-corrected chi connectivity index (χ2v) is 8.72. The predicted molar refractivity (Wildman–Crippen MR) is 136 cm³/mol. The number of methoxy groups -OCH3 is 1. The number of benzene rings is 2. The van der Waals surface area contributed by atoms with Crippen LogP contribution in [0.3, 0.4) is 0 Å². The highest BCUT2D eigenvalue weighted by molar-refractivity contribution is 5.95. The van der Waals surface area contributed by atoms with Crippen LogP contribution in [0, 0.1) is 0 Å². The van der Waals surface area contributed by atoms with E-state index in [1.165, 1.54) is 6.08 Å². The van der Waals surface area contributed by atoms with E-state index in [4.69, 9.17) is 9.47 Å². The van der Waals surface area contributed by atoms with Crippen molar-refractivity contribution in [3.8, 4) is 5.75 Å². The third-order valence-electron chi connectivity index (χ3n) is 6.03. The molecule has 2 N–H and O–H groups in total. The number of amides is 2. The number of para-hydroxylation sites is 1. The highest BCUT2D eigenvalue weighted by atomic mass is 16.5. The average molecular weight is 491 g/mol. The van der Waals surface area contributed by atoms with Crippen LogP contribution in [0.4, 0.5) is 0 Å². The Morgan fingerprint density at radius 2 is 2.03 bits per heavy atom. The van der Waals surface area contributed by atoms with Crippen molar-refractivity contribution in [2.75, 3.05) is 20.3 Å². The van der Waals surface area contributed by atoms with Gasteiger partial charge in [0.25, 0.3) is 5.56 Å². The topological polar surface area (TPSA) is 114 Å². The van der Waals surface area contributed by atoms with Gasteiger partial charge in [0, 0.05) is 19.2 Å². The summed E-state index contributed by atoms with van der Waals surface area (Å²) in [4.78, 5) is 47.3. The molecule has 1 aliphatic rings. The molecule has 0 radical (unpaired) electrons. The Morgan fingerprint density at radius 1 is 1.25 bits per heavy atom. The van der Waals surface area contributed by atoms with Crippen LogP contribution in [-0.4, -0.2) is 59.1 Å². The van der Waals surface area contributed by atoms with Gasteiger partial charge in [0.15, 0.2) is 0 Å². The fraction of sp³-hybridized carbons (Fsp3) is 0.333. The van der Waals surface area contributed by atoms with Crippen LogP contribution >= 0.6 is 0 Å². The predicted octanol–water partition coefficient (Wildman–Crippen LogP) is 2.66. The fourth-order valence-electron chi connectivity index (χ4n) is 4.14. The second-order valence-electron chi connectivity index (χ2n) is 8.72. The number of nitrogens with zero attached hydrogens (tertiary/aromatic N) is 2. The number of carbonyl (C=O) groups is 2. The van der Waals surface area contributed by atoms with E-state index >= 15 is 0 Å². The summed E-state index contributed by atoms with van der Waals surface area (Å²) >= 11 is 0. The van der Waals surface area contributed by atoms with Crippen molar-refractivity contribution in [2.24, 2.45) is 0 Å². The van der Waals surface area contributed by atoms with Gasteiger partial charge in [-0.2, -0.15) is 0 Å². The highest BCUT2D eigenvalue weighted by Gasteiger charge is 2.27. The van der Waals surface area contributed by atoms with Gasteiger partial charge in [-0.25, -0.2) is 4.98 Å². The van der Waals surface area contributed by atoms with Crippen LogP contribution in [-0.2, 0) is 20.9 Å². The third-order valence-corrected chi connectivity index (χ3v) is 6.03. The van der Waals surface area contributed by atoms with E-state index in [9.17, 15) is 14.4 Å². The molecule has 1 aromatic heterocycles. The Balaban J connectivity index is 1.45. The first-order valence-electron chi connectivity index (χ1n) is 11.9. The number of aromatic amines is 1. The van der Waals surface area contributed by atoms with E-state index < -0.39 is 6.04 Å². The maximum absolute atomic E-state index is 13.4. The van der Waals surface area contributed by atoms with Gasteiger partial charge >= 0.3 is 0 Å². The summed E-state index contributed by atoms with van der Waals surface area (Å²) in [6.07, 6.45) is 4.73. The second kappa shape index (κ2) is 11.6. The van der Waals surface area contributed by atoms with Crippen molar-refractivity contribution in [1.82, 2.24) is 20.2 Å². The smallest absolute Gasteiger partial charge is 0.258 e. The first-order chi connectivity index (χ1) is 17.4. The van der Waals surface area contributed by atoms with Gasteiger partial charge in [0.1, 0.15) is 17.6 Å². The largest absolute Gasteiger partial charge is 0.497 e. The molecule has 188 valence electrons. The molecule has 1 aliphatic heterocycles. The lowest BCUT2D eigenvalue weighted by Gasteiger charge is -2.28. The molecule has 2 amide bonds. The minimum absolute atomic E-state index is 0.0979. The first kappa shape index (κ1) is 25.1. The SMILES string of the molecule is COc1ccc(/C=C/C(=O)NC(C)C(=O)N(Cc2nc3ccccc3c(=O)[nH]2)CC2CCCO2)cc1. The number of nitrogens with one attached hydrogen (secondary N) is 2. The Hall–Kier alpha value is -3.98. The van der Waals surface area contributed by atoms with Crippen LogP contribution in [0.25, 0.3) is 17.0 Å². The van der Waals surface area contributed by atoms with Crippen LogP contribution in [0.2, 0.25) is 0 Å². The first-order valence-corrected chi connectivity index (χ1v) is 11.9. The number of rotatable bonds is 9. The molecule has 0 saturated carbocycles. The van der Waals surface area contributed by atoms with Crippen molar-refractivity contribution in [1.29, 1.82) is 0 Å². The van der Waals surface area contributed by atoms with E-state index in [0.717, 1.165) is 24.2 Å². The molecule has 1 fully saturated rings. The van der Waals surface area contributed by atoms with Gasteiger partial charge in [-0.05, 0) is 55.7 Å². The minimum Gasteiger partial charge on any atom is -0.497 e. The molecule has 36 heavy (non-hydrogen) atoms. The van der Waals surface area contributed by atoms with Gasteiger partial charge in [-0.1, -0.05) is 24.3 Å². The fourth-order valence-corrected chi connectivity index (χ4v) is 4.14. The number of hydrogen-bond donors (Lipinski definition) is 2. The van der Waals surface area contributed by atoms with Crippen molar-refractivity contribution in [2.45, 2.75) is 38.5 Å². The lowest BCUT2D eigenvalue weighted by atomic mass is 10.2. The van der Waals surface area contributed by atoms with Crippen LogP contribution in [0.15, 0.2) is 59.4 Å². The molecule has 2 aromatic carbocycles. The summed E-state index contributed by atoms with van der Waals surface area (Å²) in [5.74, 6) is 0.431. The summed E-state index contributed by atoms with van der Waals surface area (Å²) in [7, 11) is 1.59. The summed E-state index contributed by atoms with van der Waals surface area (Å²) in [5, 5.41) is 3.22. The molecule has 0 aliphatic carbocycles. The molecule has 2 heterocycles. The molecule has 0 bridgehead atoms. The van der Waals surface area contributed by atoms with Crippen molar-refractivity contribution in [3.05, 3.63) is 76.3 Å². The van der Waals surface area contributed by atoms with Gasteiger partial charge in [-0.15, -0.1) is 0 Å². The van der Waals surface area contributed by atoms with Crippen molar-refractivity contribution < 1.29 is 19.1 Å². The zero-order valence-corrected chi connectivity index (χ0v) is 20.4. The van der Waals surface area contributed by atoms with Gasteiger partial charge in [0.2, 0.25) is 11.8 Å². The highest BCUT2D eigenvalue weighted by Crippen LogP contribution is 2.16. The summed E-state index contributed by atoms with van der Waals surface area (Å²) in [6.45, 7) is 2.73. The molecule has 9 heteroatoms. The number of hydrogen-bond acceptors (Lipinski definition) is 6. The van der Waals surface area contributed by atoms with Crippen molar-refractivity contribution in [3.63, 3.8) is 0 Å². The van der Waals surface area contributed by atoms with E-state index in [-0.39, 0.29) is 30.0 Å². The quantitative estimate of drug-likeness (QED) is 0.446. The molecular weight excluding hydrogens is 460 g/mol. The molecule has 9 nitrogen and oxygen atoms in total. The average Bonchev–Trinajstić information content (AvgIpc) is 3.40. The monoisotopic (exact) mass is 490 g/mol. The van der Waals surface area contributed by atoms with E-state index in [1.807, 2.05) is 18.2 Å². The van der Waals surface area contributed by atoms with E-state index in [1.54, 1.807) is 55.3 Å². The zero-order valence-electron chi connectivity index (χ0n) is 20.4. The minimum atomic E-state index is -0.786. The van der Waals surface area contributed by atoms with Gasteiger partial charge < -0.3 is 24.7 Å². The molecule has 3 aromatic rings. The van der Waals surface area contributed by atoms with Crippen LogP contribution in [0.5, 0.6) is 5.75 Å². The summed E-state index contributed by atoms with van der Waals surface area (Å²) < 4.78 is 10.9. The Bertz CT molecular complexity index is 1300. The lowest BCUT2D eigenvalue weighted by molar-refractivity contribution is -0.137. The van der Waals surface area contributed by atoms with E-state index in [2.05, 4.69) is 15.3 Å². The van der Waals surface area contributed by atoms with Crippen LogP contribution in [0.1, 0.15) is 31.2 Å². The van der Waals surface area contributed by atoms with Gasteiger partial charge in [0.05, 0.1) is 30.7 Å². The molecule has 1 saturated heterocycles. The number of carbonyl (C=O) groups excluding carboxylic acids is 2. The molecule has 0 spiro atoms. The molecule has 2 atom stereocenters.